The minimum absolute atomic E-state index is 0.0666. The van der Waals surface area contributed by atoms with Crippen LogP contribution in [0, 0.1) is 0 Å². The van der Waals surface area contributed by atoms with Crippen LogP contribution in [-0.2, 0) is 0 Å². The lowest BCUT2D eigenvalue weighted by Gasteiger charge is -2.14. The highest BCUT2D eigenvalue weighted by molar-refractivity contribution is 5.77. The van der Waals surface area contributed by atoms with Crippen molar-refractivity contribution in [2.45, 2.75) is 6.04 Å². The Morgan fingerprint density at radius 1 is 1.32 bits per heavy atom. The number of nitrogens with zero attached hydrogens (tertiary/aromatic N) is 1. The lowest BCUT2D eigenvalue weighted by atomic mass is 10.1. The highest BCUT2D eigenvalue weighted by atomic mass is 16.5. The molecule has 1 fully saturated rings. The third-order valence-electron chi connectivity index (χ3n) is 3.16. The molecule has 1 aromatic rings. The van der Waals surface area contributed by atoms with E-state index in [1.807, 2.05) is 12.1 Å². The summed E-state index contributed by atoms with van der Waals surface area (Å²) in [7, 11) is 3.21. The average molecular weight is 265 g/mol. The number of rotatable bonds is 5. The van der Waals surface area contributed by atoms with Crippen molar-refractivity contribution < 1.29 is 14.3 Å². The Hall–Kier alpha value is -1.95. The summed E-state index contributed by atoms with van der Waals surface area (Å²) < 4.78 is 10.5. The monoisotopic (exact) mass is 265 g/mol. The van der Waals surface area contributed by atoms with E-state index in [4.69, 9.17) is 15.2 Å². The fourth-order valence-electron chi connectivity index (χ4n) is 2.16. The Morgan fingerprint density at radius 3 is 2.47 bits per heavy atom. The third kappa shape index (κ3) is 2.90. The first-order chi connectivity index (χ1) is 9.17. The van der Waals surface area contributed by atoms with Crippen molar-refractivity contribution in [3.05, 3.63) is 23.8 Å². The molecular formula is C13H19N3O3. The minimum Gasteiger partial charge on any atom is -0.497 e. The van der Waals surface area contributed by atoms with Crippen LogP contribution in [0.25, 0.3) is 0 Å². The maximum absolute atomic E-state index is 11.8. The number of amides is 2. The summed E-state index contributed by atoms with van der Waals surface area (Å²) in [4.78, 5) is 13.5. The summed E-state index contributed by atoms with van der Waals surface area (Å²) in [5.41, 5.74) is 6.45. The van der Waals surface area contributed by atoms with Crippen molar-refractivity contribution in [2.75, 3.05) is 33.9 Å². The predicted molar refractivity (Wildman–Crippen MR) is 71.4 cm³/mol. The molecule has 1 unspecified atom stereocenters. The molecule has 0 spiro atoms. The molecule has 1 aliphatic rings. The van der Waals surface area contributed by atoms with Crippen LogP contribution in [0.2, 0.25) is 0 Å². The number of carbonyl (C=O) groups excluding carboxylic acids is 1. The molecule has 0 aliphatic carbocycles. The molecular weight excluding hydrogens is 246 g/mol. The van der Waals surface area contributed by atoms with Gasteiger partial charge in [-0.3, -0.25) is 0 Å². The summed E-state index contributed by atoms with van der Waals surface area (Å²) in [6.07, 6.45) is 0. The fourth-order valence-corrected chi connectivity index (χ4v) is 2.16. The van der Waals surface area contributed by atoms with E-state index in [0.717, 1.165) is 5.56 Å². The second-order valence-electron chi connectivity index (χ2n) is 4.38. The van der Waals surface area contributed by atoms with Crippen LogP contribution >= 0.6 is 0 Å². The van der Waals surface area contributed by atoms with Crippen molar-refractivity contribution in [2.24, 2.45) is 5.73 Å². The fraction of sp³-hybridized carbons (Fsp3) is 0.462. The molecule has 6 nitrogen and oxygen atoms in total. The van der Waals surface area contributed by atoms with Gasteiger partial charge in [-0.15, -0.1) is 0 Å². The molecule has 1 atom stereocenters. The standard InChI is InChI=1S/C13H19N3O3/c1-18-10-5-9(6-11(7-10)19-2)12-8-16(4-3-14)13(17)15-12/h5-7,12H,3-4,8,14H2,1-2H3,(H,15,17). The van der Waals surface area contributed by atoms with Gasteiger partial charge in [0, 0.05) is 25.7 Å². The number of ether oxygens (including phenoxy) is 2. The quantitative estimate of drug-likeness (QED) is 0.823. The van der Waals surface area contributed by atoms with E-state index in [9.17, 15) is 4.79 Å². The van der Waals surface area contributed by atoms with Crippen LogP contribution in [0.4, 0.5) is 4.79 Å². The summed E-state index contributed by atoms with van der Waals surface area (Å²) >= 11 is 0. The van der Waals surface area contributed by atoms with Gasteiger partial charge in [0.25, 0.3) is 0 Å². The Balaban J connectivity index is 2.20. The van der Waals surface area contributed by atoms with Gasteiger partial charge in [0.05, 0.1) is 20.3 Å². The third-order valence-corrected chi connectivity index (χ3v) is 3.16. The number of hydrogen-bond donors (Lipinski definition) is 2. The summed E-state index contributed by atoms with van der Waals surface area (Å²) in [6.45, 7) is 1.62. The van der Waals surface area contributed by atoms with Gasteiger partial charge < -0.3 is 25.4 Å². The maximum atomic E-state index is 11.8. The molecule has 2 amide bonds. The van der Waals surface area contributed by atoms with Crippen LogP contribution < -0.4 is 20.5 Å². The molecule has 0 aromatic heterocycles. The molecule has 1 heterocycles. The first-order valence-electron chi connectivity index (χ1n) is 6.16. The Bertz CT molecular complexity index is 442. The zero-order valence-corrected chi connectivity index (χ0v) is 11.2. The number of urea groups is 1. The molecule has 0 radical (unpaired) electrons. The number of carbonyl (C=O) groups is 1. The summed E-state index contributed by atoms with van der Waals surface area (Å²) in [5.74, 6) is 1.42. The van der Waals surface area contributed by atoms with Crippen molar-refractivity contribution in [1.82, 2.24) is 10.2 Å². The first-order valence-corrected chi connectivity index (χ1v) is 6.16. The Labute approximate surface area is 112 Å². The average Bonchev–Trinajstić information content (AvgIpc) is 2.80. The molecule has 104 valence electrons. The van der Waals surface area contributed by atoms with Gasteiger partial charge in [-0.2, -0.15) is 0 Å². The summed E-state index contributed by atoms with van der Waals surface area (Å²) in [5, 5.41) is 2.93. The van der Waals surface area contributed by atoms with Gasteiger partial charge in [0.1, 0.15) is 11.5 Å². The second-order valence-corrected chi connectivity index (χ2v) is 4.38. The number of nitrogens with one attached hydrogen (secondary N) is 1. The van der Waals surface area contributed by atoms with Crippen molar-refractivity contribution in [1.29, 1.82) is 0 Å². The van der Waals surface area contributed by atoms with Crippen molar-refractivity contribution >= 4 is 6.03 Å². The molecule has 2 rings (SSSR count). The number of methoxy groups -OCH3 is 2. The minimum atomic E-state index is -0.0859. The number of benzene rings is 1. The van der Waals surface area contributed by atoms with Gasteiger partial charge in [0.15, 0.2) is 0 Å². The van der Waals surface area contributed by atoms with E-state index in [-0.39, 0.29) is 12.1 Å². The van der Waals surface area contributed by atoms with Crippen LogP contribution in [0.15, 0.2) is 18.2 Å². The van der Waals surface area contributed by atoms with Crippen LogP contribution in [0.3, 0.4) is 0 Å². The lowest BCUT2D eigenvalue weighted by Crippen LogP contribution is -2.32. The van der Waals surface area contributed by atoms with Gasteiger partial charge in [-0.05, 0) is 17.7 Å². The maximum Gasteiger partial charge on any atom is 0.318 e. The van der Waals surface area contributed by atoms with Crippen molar-refractivity contribution in [3.8, 4) is 11.5 Å². The normalized spacial score (nSPS) is 18.4. The van der Waals surface area contributed by atoms with E-state index in [1.165, 1.54) is 0 Å². The lowest BCUT2D eigenvalue weighted by molar-refractivity contribution is 0.218. The van der Waals surface area contributed by atoms with Gasteiger partial charge >= 0.3 is 6.03 Å². The van der Waals surface area contributed by atoms with E-state index >= 15 is 0 Å². The van der Waals surface area contributed by atoms with Gasteiger partial charge in [-0.25, -0.2) is 4.79 Å². The van der Waals surface area contributed by atoms with Gasteiger partial charge in [-0.1, -0.05) is 0 Å². The highest BCUT2D eigenvalue weighted by Crippen LogP contribution is 2.28. The molecule has 0 bridgehead atoms. The Kier molecular flexibility index (Phi) is 4.11. The highest BCUT2D eigenvalue weighted by Gasteiger charge is 2.29. The molecule has 1 aromatic carbocycles. The molecule has 3 N–H and O–H groups in total. The molecule has 1 aliphatic heterocycles. The number of hydrogen-bond acceptors (Lipinski definition) is 4. The molecule has 19 heavy (non-hydrogen) atoms. The first kappa shape index (κ1) is 13.5. The van der Waals surface area contributed by atoms with Gasteiger partial charge in [0.2, 0.25) is 0 Å². The zero-order valence-electron chi connectivity index (χ0n) is 11.2. The molecule has 1 saturated heterocycles. The Morgan fingerprint density at radius 2 is 1.95 bits per heavy atom. The SMILES string of the molecule is COc1cc(OC)cc(C2CN(CCN)C(=O)N2)c1. The van der Waals surface area contributed by atoms with Crippen LogP contribution in [0.5, 0.6) is 11.5 Å². The smallest absolute Gasteiger partial charge is 0.318 e. The predicted octanol–water partition coefficient (Wildman–Crippen LogP) is 0.729. The van der Waals surface area contributed by atoms with E-state index in [1.54, 1.807) is 25.2 Å². The summed E-state index contributed by atoms with van der Waals surface area (Å²) in [6, 6.07) is 5.46. The largest absolute Gasteiger partial charge is 0.497 e. The van der Waals surface area contributed by atoms with E-state index in [0.29, 0.717) is 31.1 Å². The van der Waals surface area contributed by atoms with Crippen molar-refractivity contribution in [3.63, 3.8) is 0 Å². The van der Waals surface area contributed by atoms with Crippen LogP contribution in [0.1, 0.15) is 11.6 Å². The molecule has 6 heteroatoms. The topological polar surface area (TPSA) is 76.8 Å². The molecule has 0 saturated carbocycles. The van der Waals surface area contributed by atoms with E-state index in [2.05, 4.69) is 5.32 Å². The second kappa shape index (κ2) is 5.79. The van der Waals surface area contributed by atoms with Crippen LogP contribution in [-0.4, -0.2) is 44.8 Å². The zero-order chi connectivity index (χ0) is 13.8. The van der Waals surface area contributed by atoms with E-state index < -0.39 is 0 Å². The number of nitrogens with two attached hydrogens (primary N) is 1.